The van der Waals surface area contributed by atoms with Gasteiger partial charge in [0.15, 0.2) is 0 Å². The van der Waals surface area contributed by atoms with Crippen LogP contribution >= 0.6 is 0 Å². The van der Waals surface area contributed by atoms with Crippen molar-refractivity contribution in [1.82, 2.24) is 4.31 Å². The quantitative estimate of drug-likeness (QED) is 0.812. The standard InChI is InChI=1S/C11H16N2O3S/c1-9(2)13(3)17(15,16)12-11-6-4-10(8-14)5-7-11/h4-9,12H,1-3H3. The molecular weight excluding hydrogens is 240 g/mol. The number of anilines is 1. The molecule has 0 aromatic heterocycles. The van der Waals surface area contributed by atoms with E-state index >= 15 is 0 Å². The number of rotatable bonds is 5. The third-order valence-corrected chi connectivity index (χ3v) is 4.07. The molecule has 0 aliphatic rings. The van der Waals surface area contributed by atoms with E-state index in [2.05, 4.69) is 4.72 Å². The Kier molecular flexibility index (Phi) is 4.25. The smallest absolute Gasteiger partial charge is 0.298 e. The number of nitrogens with one attached hydrogen (secondary N) is 1. The van der Waals surface area contributed by atoms with Crippen molar-refractivity contribution in [2.45, 2.75) is 19.9 Å². The summed E-state index contributed by atoms with van der Waals surface area (Å²) in [4.78, 5) is 10.5. The van der Waals surface area contributed by atoms with Crippen molar-refractivity contribution in [3.8, 4) is 0 Å². The highest BCUT2D eigenvalue weighted by Gasteiger charge is 2.19. The Morgan fingerprint density at radius 3 is 2.18 bits per heavy atom. The van der Waals surface area contributed by atoms with Crippen molar-refractivity contribution in [1.29, 1.82) is 0 Å². The maximum Gasteiger partial charge on any atom is 0.301 e. The van der Waals surface area contributed by atoms with E-state index in [9.17, 15) is 13.2 Å². The zero-order valence-electron chi connectivity index (χ0n) is 10.0. The predicted octanol–water partition coefficient (Wildman–Crippen LogP) is 1.50. The topological polar surface area (TPSA) is 66.5 Å². The Labute approximate surface area is 102 Å². The van der Waals surface area contributed by atoms with Gasteiger partial charge in [0.1, 0.15) is 6.29 Å². The molecule has 0 heterocycles. The fourth-order valence-corrected chi connectivity index (χ4v) is 2.26. The van der Waals surface area contributed by atoms with Crippen LogP contribution in [0, 0.1) is 0 Å². The first-order chi connectivity index (χ1) is 7.86. The second-order valence-corrected chi connectivity index (χ2v) is 5.69. The summed E-state index contributed by atoms with van der Waals surface area (Å²) in [5, 5.41) is 0. The van der Waals surface area contributed by atoms with Crippen LogP contribution in [0.1, 0.15) is 24.2 Å². The van der Waals surface area contributed by atoms with Gasteiger partial charge in [0.2, 0.25) is 0 Å². The number of benzene rings is 1. The number of carbonyl (C=O) groups excluding carboxylic acids is 1. The van der Waals surface area contributed by atoms with Crippen molar-refractivity contribution in [2.24, 2.45) is 0 Å². The van der Waals surface area contributed by atoms with Gasteiger partial charge in [0.05, 0.1) is 0 Å². The maximum atomic E-state index is 11.8. The highest BCUT2D eigenvalue weighted by molar-refractivity contribution is 7.90. The first-order valence-electron chi connectivity index (χ1n) is 5.18. The zero-order chi connectivity index (χ0) is 13.1. The molecule has 0 fully saturated rings. The first-order valence-corrected chi connectivity index (χ1v) is 6.62. The lowest BCUT2D eigenvalue weighted by Gasteiger charge is -2.21. The van der Waals surface area contributed by atoms with E-state index in [0.29, 0.717) is 17.5 Å². The molecule has 0 aliphatic heterocycles. The van der Waals surface area contributed by atoms with E-state index < -0.39 is 10.2 Å². The SMILES string of the molecule is CC(C)N(C)S(=O)(=O)Nc1ccc(C=O)cc1. The minimum atomic E-state index is -3.54. The average molecular weight is 256 g/mol. The van der Waals surface area contributed by atoms with Gasteiger partial charge in [-0.1, -0.05) is 0 Å². The van der Waals surface area contributed by atoms with Gasteiger partial charge in [-0.3, -0.25) is 9.52 Å². The Bertz CT molecular complexity index is 480. The van der Waals surface area contributed by atoms with Crippen molar-refractivity contribution in [3.63, 3.8) is 0 Å². The molecule has 94 valence electrons. The Balaban J connectivity index is 2.86. The summed E-state index contributed by atoms with van der Waals surface area (Å²) in [6, 6.07) is 6.09. The fraction of sp³-hybridized carbons (Fsp3) is 0.364. The van der Waals surface area contributed by atoms with Gasteiger partial charge < -0.3 is 0 Å². The molecule has 0 spiro atoms. The summed E-state index contributed by atoms with van der Waals surface area (Å²) in [7, 11) is -2.03. The summed E-state index contributed by atoms with van der Waals surface area (Å²) in [5.74, 6) is 0. The van der Waals surface area contributed by atoms with Crippen molar-refractivity contribution >= 4 is 22.2 Å². The second kappa shape index (κ2) is 5.29. The molecule has 6 heteroatoms. The van der Waals surface area contributed by atoms with Gasteiger partial charge in [-0.15, -0.1) is 0 Å². The molecule has 0 atom stereocenters. The molecule has 0 amide bonds. The van der Waals surface area contributed by atoms with E-state index in [1.54, 1.807) is 38.1 Å². The van der Waals surface area contributed by atoms with Crippen LogP contribution in [0.3, 0.4) is 0 Å². The Hall–Kier alpha value is -1.40. The van der Waals surface area contributed by atoms with E-state index in [4.69, 9.17) is 0 Å². The summed E-state index contributed by atoms with van der Waals surface area (Å²) in [6.07, 6.45) is 0.707. The number of hydrogen-bond acceptors (Lipinski definition) is 3. The van der Waals surface area contributed by atoms with Gasteiger partial charge in [-0.2, -0.15) is 12.7 Å². The monoisotopic (exact) mass is 256 g/mol. The average Bonchev–Trinajstić information content (AvgIpc) is 2.28. The van der Waals surface area contributed by atoms with Crippen LogP contribution in [-0.4, -0.2) is 32.1 Å². The maximum absolute atomic E-state index is 11.8. The normalized spacial score (nSPS) is 11.8. The molecule has 1 aromatic rings. The molecule has 1 aromatic carbocycles. The molecule has 0 radical (unpaired) electrons. The Morgan fingerprint density at radius 1 is 1.24 bits per heavy atom. The van der Waals surface area contributed by atoms with Crippen LogP contribution < -0.4 is 4.72 Å². The van der Waals surface area contributed by atoms with Crippen LogP contribution in [-0.2, 0) is 10.2 Å². The molecule has 1 N–H and O–H groups in total. The molecule has 0 saturated heterocycles. The van der Waals surface area contributed by atoms with E-state index in [1.807, 2.05) is 0 Å². The van der Waals surface area contributed by atoms with E-state index in [0.717, 1.165) is 0 Å². The summed E-state index contributed by atoms with van der Waals surface area (Å²) in [6.45, 7) is 3.57. The third kappa shape index (κ3) is 3.54. The highest BCUT2D eigenvalue weighted by atomic mass is 32.2. The Morgan fingerprint density at radius 2 is 1.76 bits per heavy atom. The summed E-state index contributed by atoms with van der Waals surface area (Å²) < 4.78 is 27.4. The summed E-state index contributed by atoms with van der Waals surface area (Å²) >= 11 is 0. The molecule has 5 nitrogen and oxygen atoms in total. The van der Waals surface area contributed by atoms with Gasteiger partial charge in [-0.05, 0) is 38.1 Å². The fourth-order valence-electron chi connectivity index (χ4n) is 1.13. The van der Waals surface area contributed by atoms with Crippen LogP contribution in [0.4, 0.5) is 5.69 Å². The van der Waals surface area contributed by atoms with Crippen molar-refractivity contribution in [2.75, 3.05) is 11.8 Å². The molecule has 0 aliphatic carbocycles. The number of carbonyl (C=O) groups is 1. The molecule has 0 unspecified atom stereocenters. The molecule has 17 heavy (non-hydrogen) atoms. The number of aldehydes is 1. The van der Waals surface area contributed by atoms with Gasteiger partial charge >= 0.3 is 10.2 Å². The molecule has 0 bridgehead atoms. The zero-order valence-corrected chi connectivity index (χ0v) is 10.9. The lowest BCUT2D eigenvalue weighted by atomic mass is 10.2. The molecular formula is C11H16N2O3S. The van der Waals surface area contributed by atoms with E-state index in [-0.39, 0.29) is 6.04 Å². The first kappa shape index (κ1) is 13.7. The van der Waals surface area contributed by atoms with Gasteiger partial charge in [-0.25, -0.2) is 0 Å². The van der Waals surface area contributed by atoms with Crippen LogP contribution in [0.2, 0.25) is 0 Å². The third-order valence-electron chi connectivity index (χ3n) is 2.40. The van der Waals surface area contributed by atoms with Gasteiger partial charge in [0.25, 0.3) is 0 Å². The highest BCUT2D eigenvalue weighted by Crippen LogP contribution is 2.13. The lowest BCUT2D eigenvalue weighted by molar-refractivity contribution is 0.112. The van der Waals surface area contributed by atoms with Crippen molar-refractivity contribution in [3.05, 3.63) is 29.8 Å². The summed E-state index contributed by atoms with van der Waals surface area (Å²) in [5.41, 5.74) is 0.938. The lowest BCUT2D eigenvalue weighted by Crippen LogP contribution is -2.37. The largest absolute Gasteiger partial charge is 0.301 e. The van der Waals surface area contributed by atoms with Crippen LogP contribution in [0.25, 0.3) is 0 Å². The minimum Gasteiger partial charge on any atom is -0.298 e. The van der Waals surface area contributed by atoms with Crippen LogP contribution in [0.15, 0.2) is 24.3 Å². The van der Waals surface area contributed by atoms with Crippen LogP contribution in [0.5, 0.6) is 0 Å². The van der Waals surface area contributed by atoms with Gasteiger partial charge in [0, 0.05) is 24.3 Å². The minimum absolute atomic E-state index is 0.123. The molecule has 1 rings (SSSR count). The second-order valence-electron chi connectivity index (χ2n) is 3.96. The predicted molar refractivity (Wildman–Crippen MR) is 67.3 cm³/mol. The number of nitrogens with zero attached hydrogens (tertiary/aromatic N) is 1. The number of hydrogen-bond donors (Lipinski definition) is 1. The molecule has 0 saturated carbocycles. The van der Waals surface area contributed by atoms with Crippen molar-refractivity contribution < 1.29 is 13.2 Å². The van der Waals surface area contributed by atoms with E-state index in [1.165, 1.54) is 11.4 Å².